The first-order valence-electron chi connectivity index (χ1n) is 8.46. The molecular formula is C18H18ClN5O3S. The number of halogens is 1. The Hall–Kier alpha value is -2.78. The van der Waals surface area contributed by atoms with Gasteiger partial charge in [0.15, 0.2) is 0 Å². The number of nitrogens with zero attached hydrogens (tertiary/aromatic N) is 4. The highest BCUT2D eigenvalue weighted by Crippen LogP contribution is 2.36. The first-order chi connectivity index (χ1) is 13.5. The molecule has 8 nitrogen and oxygen atoms in total. The Labute approximate surface area is 170 Å². The summed E-state index contributed by atoms with van der Waals surface area (Å²) < 4.78 is 10.9. The Morgan fingerprint density at radius 3 is 2.86 bits per heavy atom. The van der Waals surface area contributed by atoms with Gasteiger partial charge in [-0.3, -0.25) is 15.1 Å². The van der Waals surface area contributed by atoms with Gasteiger partial charge in [-0.25, -0.2) is 4.98 Å². The summed E-state index contributed by atoms with van der Waals surface area (Å²) in [5.41, 5.74) is 2.23. The summed E-state index contributed by atoms with van der Waals surface area (Å²) in [5.74, 6) is 0.0890. The molecule has 0 aliphatic heterocycles. The molecule has 3 rings (SSSR count). The molecule has 10 heteroatoms. The van der Waals surface area contributed by atoms with Crippen molar-refractivity contribution in [2.75, 3.05) is 19.0 Å². The van der Waals surface area contributed by atoms with Crippen LogP contribution in [0.4, 0.5) is 5.13 Å². The third kappa shape index (κ3) is 4.37. The first kappa shape index (κ1) is 20.0. The molecular weight excluding hydrogens is 402 g/mol. The number of pyridine rings is 2. The lowest BCUT2D eigenvalue weighted by atomic mass is 9.99. The second-order valence-corrected chi connectivity index (χ2v) is 7.04. The average molecular weight is 420 g/mol. The summed E-state index contributed by atoms with van der Waals surface area (Å²) >= 11 is 7.19. The predicted octanol–water partition coefficient (Wildman–Crippen LogP) is 4.01. The number of hydrogen-bond donors (Lipinski definition) is 1. The molecule has 146 valence electrons. The van der Waals surface area contributed by atoms with E-state index in [1.54, 1.807) is 25.3 Å². The largest absolute Gasteiger partial charge is 0.494 e. The molecule has 28 heavy (non-hydrogen) atoms. The molecule has 3 aromatic rings. The minimum atomic E-state index is -0.396. The molecule has 0 saturated heterocycles. The minimum Gasteiger partial charge on any atom is -0.494 e. The molecule has 0 saturated carbocycles. The molecule has 3 aromatic heterocycles. The second kappa shape index (κ2) is 8.94. The van der Waals surface area contributed by atoms with Crippen LogP contribution in [0.25, 0.3) is 11.1 Å². The van der Waals surface area contributed by atoms with Crippen molar-refractivity contribution in [2.45, 2.75) is 20.3 Å². The standard InChI is InChI=1S/C18H18ClN5O3S/c1-4-7-27-18-24-23-17(28-18)22-16(25)12-9-21-10(2)15(26-3)14(12)11-5-6-20-13(19)8-11/h5-6,8-9H,4,7H2,1-3H3,(H,22,23,25). The highest BCUT2D eigenvalue weighted by atomic mass is 35.5. The molecule has 0 fully saturated rings. The minimum absolute atomic E-state index is 0.308. The molecule has 1 N–H and O–H groups in total. The van der Waals surface area contributed by atoms with Crippen molar-refractivity contribution in [3.05, 3.63) is 40.9 Å². The molecule has 0 spiro atoms. The van der Waals surface area contributed by atoms with Crippen molar-refractivity contribution in [1.82, 2.24) is 20.2 Å². The summed E-state index contributed by atoms with van der Waals surface area (Å²) in [5, 5.41) is 11.6. The van der Waals surface area contributed by atoms with Gasteiger partial charge in [-0.15, -0.1) is 5.10 Å². The molecule has 0 aromatic carbocycles. The van der Waals surface area contributed by atoms with Gasteiger partial charge in [0, 0.05) is 18.0 Å². The maximum absolute atomic E-state index is 12.9. The average Bonchev–Trinajstić information content (AvgIpc) is 3.13. The normalized spacial score (nSPS) is 10.6. The van der Waals surface area contributed by atoms with Gasteiger partial charge in [-0.2, -0.15) is 0 Å². The zero-order valence-electron chi connectivity index (χ0n) is 15.5. The van der Waals surface area contributed by atoms with Crippen LogP contribution in [0, 0.1) is 6.92 Å². The smallest absolute Gasteiger partial charge is 0.295 e. The van der Waals surface area contributed by atoms with Gasteiger partial charge in [0.2, 0.25) is 5.13 Å². The van der Waals surface area contributed by atoms with Crippen LogP contribution in [0.2, 0.25) is 5.15 Å². The van der Waals surface area contributed by atoms with Crippen molar-refractivity contribution < 1.29 is 14.3 Å². The number of anilines is 1. The van der Waals surface area contributed by atoms with Crippen molar-refractivity contribution in [3.63, 3.8) is 0 Å². The number of amides is 1. The Morgan fingerprint density at radius 1 is 1.32 bits per heavy atom. The van der Waals surface area contributed by atoms with Crippen molar-refractivity contribution in [1.29, 1.82) is 0 Å². The van der Waals surface area contributed by atoms with E-state index in [0.29, 0.717) is 50.2 Å². The predicted molar refractivity (Wildman–Crippen MR) is 107 cm³/mol. The van der Waals surface area contributed by atoms with Crippen LogP contribution in [-0.2, 0) is 0 Å². The number of aryl methyl sites for hydroxylation is 1. The molecule has 3 heterocycles. The number of aromatic nitrogens is 4. The summed E-state index contributed by atoms with van der Waals surface area (Å²) in [6.07, 6.45) is 3.91. The number of ether oxygens (including phenoxy) is 2. The number of rotatable bonds is 7. The van der Waals surface area contributed by atoms with Gasteiger partial charge < -0.3 is 9.47 Å². The van der Waals surface area contributed by atoms with Crippen LogP contribution in [-0.4, -0.2) is 39.8 Å². The zero-order valence-corrected chi connectivity index (χ0v) is 17.1. The van der Waals surface area contributed by atoms with Crippen LogP contribution in [0.5, 0.6) is 10.9 Å². The van der Waals surface area contributed by atoms with Gasteiger partial charge in [-0.1, -0.05) is 23.6 Å². The highest BCUT2D eigenvalue weighted by Gasteiger charge is 2.22. The maximum Gasteiger partial charge on any atom is 0.295 e. The van der Waals surface area contributed by atoms with Crippen LogP contribution in [0.3, 0.4) is 0 Å². The van der Waals surface area contributed by atoms with Crippen LogP contribution < -0.4 is 14.8 Å². The molecule has 0 atom stereocenters. The van der Waals surface area contributed by atoms with E-state index in [-0.39, 0.29) is 0 Å². The number of carbonyl (C=O) groups excluding carboxylic acids is 1. The van der Waals surface area contributed by atoms with Crippen molar-refractivity contribution >= 4 is 34.0 Å². The van der Waals surface area contributed by atoms with E-state index in [4.69, 9.17) is 21.1 Å². The fourth-order valence-corrected chi connectivity index (χ4v) is 3.32. The Kier molecular flexibility index (Phi) is 6.37. The fraction of sp³-hybridized carbons (Fsp3) is 0.278. The van der Waals surface area contributed by atoms with E-state index in [1.807, 2.05) is 6.92 Å². The van der Waals surface area contributed by atoms with Gasteiger partial charge in [0.05, 0.1) is 25.0 Å². The lowest BCUT2D eigenvalue weighted by Gasteiger charge is -2.15. The molecule has 0 aliphatic rings. The summed E-state index contributed by atoms with van der Waals surface area (Å²) in [4.78, 5) is 21.2. The Balaban J connectivity index is 1.97. The van der Waals surface area contributed by atoms with Crippen molar-refractivity contribution in [3.8, 4) is 22.1 Å². The van der Waals surface area contributed by atoms with E-state index < -0.39 is 5.91 Å². The highest BCUT2D eigenvalue weighted by molar-refractivity contribution is 7.17. The topological polar surface area (TPSA) is 99.1 Å². The number of methoxy groups -OCH3 is 1. The quantitative estimate of drug-likeness (QED) is 0.577. The molecule has 0 aliphatic carbocycles. The van der Waals surface area contributed by atoms with Gasteiger partial charge >= 0.3 is 0 Å². The summed E-state index contributed by atoms with van der Waals surface area (Å²) in [7, 11) is 1.53. The second-order valence-electron chi connectivity index (χ2n) is 5.71. The van der Waals surface area contributed by atoms with E-state index in [1.165, 1.54) is 13.3 Å². The van der Waals surface area contributed by atoms with Crippen molar-refractivity contribution in [2.24, 2.45) is 0 Å². The third-order valence-corrected chi connectivity index (χ3v) is 4.69. The van der Waals surface area contributed by atoms with Gasteiger partial charge in [0.1, 0.15) is 10.9 Å². The Bertz CT molecular complexity index is 995. The monoisotopic (exact) mass is 419 g/mol. The SMILES string of the molecule is CCCOc1nnc(NC(=O)c2cnc(C)c(OC)c2-c2ccnc(Cl)c2)s1. The van der Waals surface area contributed by atoms with Crippen LogP contribution in [0.15, 0.2) is 24.5 Å². The van der Waals surface area contributed by atoms with Crippen LogP contribution in [0.1, 0.15) is 29.4 Å². The molecule has 0 bridgehead atoms. The fourth-order valence-electron chi connectivity index (χ4n) is 2.53. The first-order valence-corrected chi connectivity index (χ1v) is 9.66. The van der Waals surface area contributed by atoms with E-state index >= 15 is 0 Å². The van der Waals surface area contributed by atoms with E-state index in [0.717, 1.165) is 17.8 Å². The molecule has 0 radical (unpaired) electrons. The maximum atomic E-state index is 12.9. The summed E-state index contributed by atoms with van der Waals surface area (Å²) in [6, 6.07) is 3.42. The van der Waals surface area contributed by atoms with Gasteiger partial charge in [0.25, 0.3) is 11.1 Å². The lowest BCUT2D eigenvalue weighted by molar-refractivity contribution is 0.102. The lowest BCUT2D eigenvalue weighted by Crippen LogP contribution is -2.14. The third-order valence-electron chi connectivity index (χ3n) is 3.73. The van der Waals surface area contributed by atoms with Gasteiger partial charge in [-0.05, 0) is 42.4 Å². The van der Waals surface area contributed by atoms with E-state index in [2.05, 4.69) is 25.5 Å². The number of nitrogens with one attached hydrogen (secondary N) is 1. The van der Waals surface area contributed by atoms with Crippen LogP contribution >= 0.6 is 22.9 Å². The zero-order chi connectivity index (χ0) is 20.1. The number of hydrogen-bond acceptors (Lipinski definition) is 8. The molecule has 1 amide bonds. The van der Waals surface area contributed by atoms with E-state index in [9.17, 15) is 4.79 Å². The molecule has 0 unspecified atom stereocenters. The summed E-state index contributed by atoms with van der Waals surface area (Å²) in [6.45, 7) is 4.33. The number of carbonyl (C=O) groups is 1. The Morgan fingerprint density at radius 2 is 2.14 bits per heavy atom.